The SMILES string of the molecule is c1ccc2c(-c3ccc(N(c4ccc(-c5cc6ccc7ccccc7c6c6ccccc56)cc4)c4ccc5c(c4)sc4ccccc45)cc3)cccc2c1. The topological polar surface area (TPSA) is 3.24 Å². The lowest BCUT2D eigenvalue weighted by Crippen LogP contribution is -2.09. The summed E-state index contributed by atoms with van der Waals surface area (Å²) in [6.07, 6.45) is 0. The highest BCUT2D eigenvalue weighted by Crippen LogP contribution is 2.43. The molecule has 1 aromatic heterocycles. The van der Waals surface area contributed by atoms with Crippen molar-refractivity contribution in [3.05, 3.63) is 200 Å². The van der Waals surface area contributed by atoms with Crippen LogP contribution in [0.25, 0.3) is 85.5 Å². The van der Waals surface area contributed by atoms with Crippen LogP contribution in [0, 0.1) is 0 Å². The largest absolute Gasteiger partial charge is 0.310 e. The Labute approximate surface area is 317 Å². The average Bonchev–Trinajstić information content (AvgIpc) is 3.62. The molecule has 11 rings (SSSR count). The van der Waals surface area contributed by atoms with Crippen LogP contribution in [0.5, 0.6) is 0 Å². The number of thiophene rings is 1. The van der Waals surface area contributed by atoms with Crippen molar-refractivity contribution in [2.24, 2.45) is 0 Å². The van der Waals surface area contributed by atoms with Crippen LogP contribution >= 0.6 is 11.3 Å². The zero-order chi connectivity index (χ0) is 35.6. The van der Waals surface area contributed by atoms with E-state index in [0.29, 0.717) is 0 Å². The molecular formula is C52H33NS. The Balaban J connectivity index is 1.05. The quantitative estimate of drug-likeness (QED) is 0.161. The van der Waals surface area contributed by atoms with Gasteiger partial charge in [0.2, 0.25) is 0 Å². The van der Waals surface area contributed by atoms with Gasteiger partial charge in [0.15, 0.2) is 0 Å². The molecule has 0 saturated heterocycles. The first-order valence-corrected chi connectivity index (χ1v) is 19.3. The number of anilines is 3. The second kappa shape index (κ2) is 12.4. The van der Waals surface area contributed by atoms with Crippen molar-refractivity contribution in [3.63, 3.8) is 0 Å². The summed E-state index contributed by atoms with van der Waals surface area (Å²) in [5.41, 5.74) is 8.29. The van der Waals surface area contributed by atoms with Crippen LogP contribution in [0.1, 0.15) is 0 Å². The van der Waals surface area contributed by atoms with E-state index in [4.69, 9.17) is 0 Å². The maximum atomic E-state index is 2.39. The van der Waals surface area contributed by atoms with Crippen LogP contribution in [-0.4, -0.2) is 0 Å². The van der Waals surface area contributed by atoms with E-state index in [9.17, 15) is 0 Å². The standard InChI is InChI=1S/C52H33NS/c1-3-13-42-34(10-1)12-9-18-43(42)36-22-26-39(27-23-36)53(41-30-31-47-46-16-7-8-19-50(46)54-51(47)33-41)40-28-24-37(25-29-40)49-32-38-21-20-35-11-2-4-14-44(35)52(38)48-17-6-5-15-45(48)49/h1-33H. The van der Waals surface area contributed by atoms with E-state index in [1.54, 1.807) is 0 Å². The third-order valence-corrected chi connectivity index (χ3v) is 12.2. The molecular weight excluding hydrogens is 671 g/mol. The number of hydrogen-bond donors (Lipinski definition) is 0. The summed E-state index contributed by atoms with van der Waals surface area (Å²) >= 11 is 1.86. The van der Waals surface area contributed by atoms with Gasteiger partial charge in [-0.3, -0.25) is 0 Å². The molecule has 0 aliphatic carbocycles. The lowest BCUT2D eigenvalue weighted by Gasteiger charge is -2.26. The Hall–Kier alpha value is -6.74. The van der Waals surface area contributed by atoms with Gasteiger partial charge in [-0.1, -0.05) is 152 Å². The van der Waals surface area contributed by atoms with E-state index in [-0.39, 0.29) is 0 Å². The molecule has 0 N–H and O–H groups in total. The summed E-state index contributed by atoms with van der Waals surface area (Å²) in [4.78, 5) is 2.39. The zero-order valence-electron chi connectivity index (χ0n) is 29.4. The lowest BCUT2D eigenvalue weighted by atomic mass is 9.90. The van der Waals surface area contributed by atoms with Gasteiger partial charge in [-0.15, -0.1) is 11.3 Å². The van der Waals surface area contributed by atoms with Crippen molar-refractivity contribution in [3.8, 4) is 22.3 Å². The molecule has 0 bridgehead atoms. The summed E-state index contributed by atoms with van der Waals surface area (Å²) < 4.78 is 2.61. The second-order valence-electron chi connectivity index (χ2n) is 14.1. The fraction of sp³-hybridized carbons (Fsp3) is 0. The smallest absolute Gasteiger partial charge is 0.0476 e. The summed E-state index contributed by atoms with van der Waals surface area (Å²) in [5.74, 6) is 0. The van der Waals surface area contributed by atoms with Crippen LogP contribution in [0.2, 0.25) is 0 Å². The van der Waals surface area contributed by atoms with Gasteiger partial charge < -0.3 is 4.90 Å². The highest BCUT2D eigenvalue weighted by atomic mass is 32.1. The Kier molecular flexibility index (Phi) is 7.11. The van der Waals surface area contributed by atoms with E-state index < -0.39 is 0 Å². The Morgan fingerprint density at radius 2 is 0.833 bits per heavy atom. The van der Waals surface area contributed by atoms with Gasteiger partial charge in [-0.25, -0.2) is 0 Å². The van der Waals surface area contributed by atoms with Crippen molar-refractivity contribution in [1.82, 2.24) is 0 Å². The molecule has 11 aromatic rings. The third-order valence-electron chi connectivity index (χ3n) is 11.0. The minimum Gasteiger partial charge on any atom is -0.310 e. The first-order chi connectivity index (χ1) is 26.8. The monoisotopic (exact) mass is 703 g/mol. The van der Waals surface area contributed by atoms with Gasteiger partial charge in [0.25, 0.3) is 0 Å². The molecule has 2 heteroatoms. The molecule has 0 aliphatic heterocycles. The summed E-state index contributed by atoms with van der Waals surface area (Å²) in [5, 5.41) is 12.8. The predicted molar refractivity (Wildman–Crippen MR) is 235 cm³/mol. The van der Waals surface area contributed by atoms with Crippen LogP contribution in [0.15, 0.2) is 200 Å². The molecule has 10 aromatic carbocycles. The van der Waals surface area contributed by atoms with Crippen molar-refractivity contribution in [2.75, 3.05) is 4.90 Å². The maximum Gasteiger partial charge on any atom is 0.0476 e. The minimum absolute atomic E-state index is 1.12. The number of hydrogen-bond acceptors (Lipinski definition) is 2. The molecule has 252 valence electrons. The van der Waals surface area contributed by atoms with E-state index in [1.807, 2.05) is 11.3 Å². The van der Waals surface area contributed by atoms with E-state index >= 15 is 0 Å². The molecule has 0 fully saturated rings. The summed E-state index contributed by atoms with van der Waals surface area (Å²) in [7, 11) is 0. The molecule has 1 heterocycles. The first-order valence-electron chi connectivity index (χ1n) is 18.5. The Morgan fingerprint density at radius 3 is 1.59 bits per heavy atom. The molecule has 0 saturated carbocycles. The van der Waals surface area contributed by atoms with Gasteiger partial charge in [0.1, 0.15) is 0 Å². The van der Waals surface area contributed by atoms with Crippen LogP contribution < -0.4 is 4.90 Å². The zero-order valence-corrected chi connectivity index (χ0v) is 30.2. The molecule has 0 atom stereocenters. The second-order valence-corrected chi connectivity index (χ2v) is 15.2. The number of fused-ring (bicyclic) bond motifs is 9. The molecule has 0 aliphatic rings. The Morgan fingerprint density at radius 1 is 0.296 bits per heavy atom. The van der Waals surface area contributed by atoms with Gasteiger partial charge in [0, 0.05) is 37.2 Å². The minimum atomic E-state index is 1.12. The molecule has 54 heavy (non-hydrogen) atoms. The Bertz CT molecular complexity index is 3200. The van der Waals surface area contributed by atoms with Crippen LogP contribution in [0.3, 0.4) is 0 Å². The van der Waals surface area contributed by atoms with Gasteiger partial charge in [-0.05, 0) is 114 Å². The molecule has 0 spiro atoms. The van der Waals surface area contributed by atoms with E-state index in [2.05, 4.69) is 205 Å². The fourth-order valence-electron chi connectivity index (χ4n) is 8.48. The highest BCUT2D eigenvalue weighted by Gasteiger charge is 2.17. The predicted octanol–water partition coefficient (Wildman–Crippen LogP) is 15.5. The van der Waals surface area contributed by atoms with Gasteiger partial charge in [-0.2, -0.15) is 0 Å². The summed E-state index contributed by atoms with van der Waals surface area (Å²) in [6, 6.07) is 73.5. The normalized spacial score (nSPS) is 11.7. The van der Waals surface area contributed by atoms with Crippen molar-refractivity contribution < 1.29 is 0 Å². The van der Waals surface area contributed by atoms with Gasteiger partial charge >= 0.3 is 0 Å². The molecule has 0 radical (unpaired) electrons. The van der Waals surface area contributed by atoms with E-state index in [0.717, 1.165) is 17.1 Å². The molecule has 1 nitrogen and oxygen atoms in total. The number of nitrogens with zero attached hydrogens (tertiary/aromatic N) is 1. The molecule has 0 unspecified atom stereocenters. The average molecular weight is 704 g/mol. The number of rotatable bonds is 5. The van der Waals surface area contributed by atoms with Crippen LogP contribution in [-0.2, 0) is 0 Å². The van der Waals surface area contributed by atoms with Crippen molar-refractivity contribution in [1.29, 1.82) is 0 Å². The highest BCUT2D eigenvalue weighted by molar-refractivity contribution is 7.25. The van der Waals surface area contributed by atoms with Crippen molar-refractivity contribution in [2.45, 2.75) is 0 Å². The van der Waals surface area contributed by atoms with Crippen LogP contribution in [0.4, 0.5) is 17.1 Å². The lowest BCUT2D eigenvalue weighted by molar-refractivity contribution is 1.29. The van der Waals surface area contributed by atoms with Gasteiger partial charge in [0.05, 0.1) is 0 Å². The number of benzene rings is 10. The van der Waals surface area contributed by atoms with E-state index in [1.165, 1.54) is 85.5 Å². The fourth-order valence-corrected chi connectivity index (χ4v) is 9.61. The van der Waals surface area contributed by atoms with Crippen molar-refractivity contribution >= 4 is 91.7 Å². The maximum absolute atomic E-state index is 2.39. The molecule has 0 amide bonds. The third kappa shape index (κ3) is 4.99. The summed E-state index contributed by atoms with van der Waals surface area (Å²) in [6.45, 7) is 0. The first kappa shape index (κ1) is 30.8.